The number of alkyl carbamates (subject to hydrolysis) is 1. The van der Waals surface area contributed by atoms with Gasteiger partial charge in [-0.25, -0.2) is 4.79 Å². The third kappa shape index (κ3) is 7.65. The second-order valence-electron chi connectivity index (χ2n) is 11.3. The molecule has 2 saturated heterocycles. The second-order valence-corrected chi connectivity index (χ2v) is 14.0. The number of hydrogen-bond donors (Lipinski definition) is 2. The average Bonchev–Trinajstić information content (AvgIpc) is 2.84. The van der Waals surface area contributed by atoms with Gasteiger partial charge in [-0.2, -0.15) is 0 Å². The molecule has 2 aliphatic heterocycles. The van der Waals surface area contributed by atoms with Crippen LogP contribution in [0.1, 0.15) is 53.1 Å². The summed E-state index contributed by atoms with van der Waals surface area (Å²) in [7, 11) is 0. The van der Waals surface area contributed by atoms with E-state index < -0.39 is 63.5 Å². The number of nitrogens with one attached hydrogen (secondary N) is 2. The van der Waals surface area contributed by atoms with Gasteiger partial charge in [0, 0.05) is 12.3 Å². The molecular weight excluding hydrogens is 594 g/mol. The fourth-order valence-corrected chi connectivity index (χ4v) is 5.92. The molecule has 3 rings (SSSR count). The summed E-state index contributed by atoms with van der Waals surface area (Å²) in [4.78, 5) is 64.7. The highest BCUT2D eigenvalue weighted by atomic mass is 79.9. The first-order valence-electron chi connectivity index (χ1n) is 12.3. The molecule has 0 spiro atoms. The van der Waals surface area contributed by atoms with Crippen molar-refractivity contribution in [1.82, 2.24) is 15.5 Å². The molecule has 1 aromatic carbocycles. The third-order valence-electron chi connectivity index (χ3n) is 5.76. The highest BCUT2D eigenvalue weighted by molar-refractivity contribution is 9.10. The van der Waals surface area contributed by atoms with Crippen molar-refractivity contribution in [3.8, 4) is 0 Å². The van der Waals surface area contributed by atoms with Crippen molar-refractivity contribution in [3.63, 3.8) is 0 Å². The Morgan fingerprint density at radius 1 is 1.10 bits per heavy atom. The molecule has 214 valence electrons. The zero-order valence-corrected chi connectivity index (χ0v) is 25.1. The molecule has 3 amide bonds. The Labute approximate surface area is 240 Å². The topological polar surface area (TPSA) is 140 Å². The smallest absolute Gasteiger partial charge is 0.408 e. The maximum absolute atomic E-state index is 13.3. The zero-order valence-electron chi connectivity index (χ0n) is 22.7. The van der Waals surface area contributed by atoms with Crippen LogP contribution in [0.25, 0.3) is 0 Å². The number of halogens is 1. The Hall–Kier alpha value is -2.80. The van der Waals surface area contributed by atoms with Crippen molar-refractivity contribution in [2.24, 2.45) is 5.41 Å². The number of thioether (sulfide) groups is 1. The molecule has 2 heterocycles. The lowest BCUT2D eigenvalue weighted by atomic mass is 9.98. The first kappa shape index (κ1) is 30.7. The summed E-state index contributed by atoms with van der Waals surface area (Å²) in [5.41, 5.74) is -0.976. The molecule has 0 radical (unpaired) electrons. The molecule has 1 aromatic rings. The van der Waals surface area contributed by atoms with Gasteiger partial charge in [0.2, 0.25) is 18.6 Å². The van der Waals surface area contributed by atoms with E-state index in [9.17, 15) is 24.0 Å². The summed E-state index contributed by atoms with van der Waals surface area (Å²) in [6.45, 7) is 9.66. The predicted molar refractivity (Wildman–Crippen MR) is 147 cm³/mol. The van der Waals surface area contributed by atoms with Crippen LogP contribution in [0.5, 0.6) is 0 Å². The van der Waals surface area contributed by atoms with E-state index in [0.29, 0.717) is 5.56 Å². The minimum absolute atomic E-state index is 0.0141. The molecule has 0 saturated carbocycles. The number of benzene rings is 1. The largest absolute Gasteiger partial charge is 0.444 e. The maximum atomic E-state index is 13.3. The number of β-lactam (4-membered cyclic amide) rings is 1. The van der Waals surface area contributed by atoms with Crippen LogP contribution in [0.4, 0.5) is 4.79 Å². The van der Waals surface area contributed by atoms with Gasteiger partial charge in [0.25, 0.3) is 0 Å². The Morgan fingerprint density at radius 3 is 2.33 bits per heavy atom. The van der Waals surface area contributed by atoms with Gasteiger partial charge in [0.15, 0.2) is 0 Å². The molecule has 39 heavy (non-hydrogen) atoms. The number of esters is 2. The molecule has 2 fully saturated rings. The quantitative estimate of drug-likeness (QED) is 0.202. The van der Waals surface area contributed by atoms with Gasteiger partial charge >= 0.3 is 18.0 Å². The van der Waals surface area contributed by atoms with Crippen LogP contribution in [0.3, 0.4) is 0 Å². The molecule has 0 aromatic heterocycles. The lowest BCUT2D eigenvalue weighted by Crippen LogP contribution is -2.74. The first-order valence-corrected chi connectivity index (χ1v) is 14.2. The number of fused-ring (bicyclic) bond motifs is 1. The Morgan fingerprint density at radius 2 is 1.74 bits per heavy atom. The first-order chi connectivity index (χ1) is 18.0. The zero-order chi connectivity index (χ0) is 29.2. The molecular formula is C26H34BrN3O8S. The van der Waals surface area contributed by atoms with E-state index in [2.05, 4.69) is 26.6 Å². The summed E-state index contributed by atoms with van der Waals surface area (Å²) in [5, 5.41) is 4.92. The van der Waals surface area contributed by atoms with Crippen LogP contribution >= 0.6 is 27.7 Å². The summed E-state index contributed by atoms with van der Waals surface area (Å²) in [6.07, 6.45) is -0.768. The Kier molecular flexibility index (Phi) is 9.26. The van der Waals surface area contributed by atoms with Crippen molar-refractivity contribution >= 4 is 57.5 Å². The number of ether oxygens (including phenoxy) is 3. The van der Waals surface area contributed by atoms with Gasteiger partial charge < -0.3 is 29.7 Å². The summed E-state index contributed by atoms with van der Waals surface area (Å²) < 4.78 is 14.2. The Bertz CT molecular complexity index is 1120. The van der Waals surface area contributed by atoms with Crippen LogP contribution in [0.15, 0.2) is 30.3 Å². The average molecular weight is 629 g/mol. The fraction of sp³-hybridized carbons (Fsp3) is 0.577. The molecule has 0 aliphatic carbocycles. The van der Waals surface area contributed by atoms with Crippen LogP contribution in [0.2, 0.25) is 0 Å². The Balaban J connectivity index is 1.60. The number of nitrogens with zero attached hydrogens (tertiary/aromatic N) is 1. The van der Waals surface area contributed by atoms with Crippen LogP contribution in [-0.2, 0) is 33.4 Å². The molecule has 4 atom stereocenters. The van der Waals surface area contributed by atoms with Gasteiger partial charge in [0.1, 0.15) is 27.4 Å². The number of alkyl halides is 1. The van der Waals surface area contributed by atoms with Crippen LogP contribution < -0.4 is 10.6 Å². The van der Waals surface area contributed by atoms with Crippen LogP contribution in [-0.4, -0.2) is 75.2 Å². The molecule has 0 bridgehead atoms. The van der Waals surface area contributed by atoms with Crippen molar-refractivity contribution < 1.29 is 38.2 Å². The van der Waals surface area contributed by atoms with Crippen molar-refractivity contribution in [2.45, 2.75) is 68.9 Å². The second kappa shape index (κ2) is 11.7. The number of carbonyl (C=O) groups is 5. The minimum atomic E-state index is -1.20. The van der Waals surface area contributed by atoms with E-state index in [4.69, 9.17) is 14.2 Å². The third-order valence-corrected chi connectivity index (χ3v) is 8.51. The number of rotatable bonds is 7. The highest BCUT2D eigenvalue weighted by Gasteiger charge is 2.57. The summed E-state index contributed by atoms with van der Waals surface area (Å²) in [6, 6.07) is 6.71. The maximum Gasteiger partial charge on any atom is 0.408 e. The normalized spacial score (nSPS) is 23.5. The van der Waals surface area contributed by atoms with Gasteiger partial charge in [-0.05, 0) is 47.1 Å². The van der Waals surface area contributed by atoms with E-state index in [1.807, 2.05) is 0 Å². The van der Waals surface area contributed by atoms with Gasteiger partial charge in [0.05, 0.1) is 5.41 Å². The molecule has 11 nitrogen and oxygen atoms in total. The lowest BCUT2D eigenvalue weighted by Gasteiger charge is -2.52. The standard InChI is InChI=1S/C26H34BrN3O8S/c1-24(2,3)21(33)36-14-37-22(34)26(27)12-30-19(32)17(20(30)39-13-26)28-18(31)16(15-10-8-7-9-11-15)29-23(35)38-25(4,5)6/h7-11,16-17,20H,12-14H2,1-6H3,(H,28,31)(H,29,35)/t16?,17?,20-,26?/m1/s1. The predicted octanol–water partition coefficient (Wildman–Crippen LogP) is 2.88. The van der Waals surface area contributed by atoms with Gasteiger partial charge in [-0.1, -0.05) is 46.3 Å². The monoisotopic (exact) mass is 627 g/mol. The SMILES string of the molecule is CC(C)(C)OC(=O)NC(C(=O)NC1C(=O)N2CC(Br)(C(=O)OCOC(=O)C(C)(C)C)CS[C@H]12)c1ccccc1. The van der Waals surface area contributed by atoms with E-state index in [1.54, 1.807) is 71.9 Å². The fourth-order valence-electron chi connectivity index (χ4n) is 3.76. The minimum Gasteiger partial charge on any atom is -0.444 e. The van der Waals surface area contributed by atoms with E-state index in [0.717, 1.165) is 0 Å². The molecule has 13 heteroatoms. The lowest BCUT2D eigenvalue weighted by molar-refractivity contribution is -0.174. The summed E-state index contributed by atoms with van der Waals surface area (Å²) in [5.74, 6) is -1.87. The van der Waals surface area contributed by atoms with E-state index in [1.165, 1.54) is 16.7 Å². The number of hydrogen-bond acceptors (Lipinski definition) is 9. The highest BCUT2D eigenvalue weighted by Crippen LogP contribution is 2.42. The molecule has 3 unspecified atom stereocenters. The van der Waals surface area contributed by atoms with Gasteiger partial charge in [-0.3, -0.25) is 19.2 Å². The van der Waals surface area contributed by atoms with Crippen molar-refractivity contribution in [1.29, 1.82) is 0 Å². The number of carbonyl (C=O) groups excluding carboxylic acids is 5. The van der Waals surface area contributed by atoms with Crippen LogP contribution in [0, 0.1) is 5.41 Å². The summed E-state index contributed by atoms with van der Waals surface area (Å²) >= 11 is 4.69. The number of amides is 3. The van der Waals surface area contributed by atoms with Gasteiger partial charge in [-0.15, -0.1) is 11.8 Å². The molecule has 2 N–H and O–H groups in total. The molecule has 2 aliphatic rings. The van der Waals surface area contributed by atoms with E-state index in [-0.39, 0.29) is 18.2 Å². The van der Waals surface area contributed by atoms with Crippen molar-refractivity contribution in [2.75, 3.05) is 19.1 Å². The van der Waals surface area contributed by atoms with Crippen molar-refractivity contribution in [3.05, 3.63) is 35.9 Å². The van der Waals surface area contributed by atoms with E-state index >= 15 is 0 Å².